The number of hydrogen-bond donors (Lipinski definition) is 2. The van der Waals surface area contributed by atoms with Gasteiger partial charge in [0.25, 0.3) is 0 Å². The maximum atomic E-state index is 13.8. The molecule has 4 rings (SSSR count). The Balaban J connectivity index is 1.39. The summed E-state index contributed by atoms with van der Waals surface area (Å²) in [6.07, 6.45) is 1.53. The lowest BCUT2D eigenvalue weighted by molar-refractivity contribution is 0.104. The van der Waals surface area contributed by atoms with E-state index in [1.807, 2.05) is 25.1 Å². The second kappa shape index (κ2) is 9.80. The number of ketones is 1. The summed E-state index contributed by atoms with van der Waals surface area (Å²) in [7, 11) is -4.14. The number of aryl methyl sites for hydroxylation is 1. The Bertz CT molecular complexity index is 1450. The standard InChI is InChI=1S/C24H19F2N3O3S2/c1-15-4-2-3-5-19(15)23(30)21-14-27-24(33-21)29-18-9-6-16(7-10-18)13-28-34(31,32)22-11-8-17(25)12-20(22)26/h2-12,14,28H,13H2,1H3,(H,27,29). The van der Waals surface area contributed by atoms with Crippen LogP contribution in [0.15, 0.2) is 77.8 Å². The van der Waals surface area contributed by atoms with Gasteiger partial charge >= 0.3 is 0 Å². The van der Waals surface area contributed by atoms with Crippen LogP contribution < -0.4 is 10.0 Å². The molecule has 0 bridgehead atoms. The lowest BCUT2D eigenvalue weighted by Crippen LogP contribution is -2.24. The average Bonchev–Trinajstić information content (AvgIpc) is 3.27. The van der Waals surface area contributed by atoms with Crippen molar-refractivity contribution >= 4 is 38.0 Å². The molecule has 34 heavy (non-hydrogen) atoms. The van der Waals surface area contributed by atoms with Gasteiger partial charge in [-0.15, -0.1) is 0 Å². The molecule has 0 amide bonds. The van der Waals surface area contributed by atoms with E-state index in [1.54, 1.807) is 30.3 Å². The monoisotopic (exact) mass is 499 g/mol. The molecule has 0 aliphatic carbocycles. The van der Waals surface area contributed by atoms with Gasteiger partial charge in [0.1, 0.15) is 16.5 Å². The van der Waals surface area contributed by atoms with E-state index in [2.05, 4.69) is 15.0 Å². The highest BCUT2D eigenvalue weighted by Crippen LogP contribution is 2.26. The van der Waals surface area contributed by atoms with Crippen molar-refractivity contribution in [3.8, 4) is 0 Å². The zero-order valence-electron chi connectivity index (χ0n) is 17.9. The molecule has 2 N–H and O–H groups in total. The molecule has 3 aromatic carbocycles. The topological polar surface area (TPSA) is 88.2 Å². The summed E-state index contributed by atoms with van der Waals surface area (Å²) in [6, 6.07) is 16.5. The number of carbonyl (C=O) groups is 1. The van der Waals surface area contributed by atoms with Gasteiger partial charge < -0.3 is 5.32 Å². The highest BCUT2D eigenvalue weighted by atomic mass is 32.2. The molecule has 0 saturated heterocycles. The lowest BCUT2D eigenvalue weighted by Gasteiger charge is -2.09. The van der Waals surface area contributed by atoms with E-state index in [-0.39, 0.29) is 12.3 Å². The van der Waals surface area contributed by atoms with Crippen LogP contribution in [0, 0.1) is 18.6 Å². The maximum absolute atomic E-state index is 13.8. The summed E-state index contributed by atoms with van der Waals surface area (Å²) in [4.78, 5) is 16.9. The largest absolute Gasteiger partial charge is 0.332 e. The third-order valence-electron chi connectivity index (χ3n) is 4.97. The Kier molecular flexibility index (Phi) is 6.82. The fourth-order valence-corrected chi connectivity index (χ4v) is 5.04. The molecule has 0 unspecified atom stereocenters. The summed E-state index contributed by atoms with van der Waals surface area (Å²) in [5.41, 5.74) is 2.85. The fraction of sp³-hybridized carbons (Fsp3) is 0.0833. The number of anilines is 2. The molecule has 174 valence electrons. The first-order chi connectivity index (χ1) is 16.2. The van der Waals surface area contributed by atoms with Crippen LogP contribution >= 0.6 is 11.3 Å². The highest BCUT2D eigenvalue weighted by Gasteiger charge is 2.19. The first kappa shape index (κ1) is 23.7. The Morgan fingerprint density at radius 2 is 1.76 bits per heavy atom. The normalized spacial score (nSPS) is 11.4. The number of aromatic nitrogens is 1. The summed E-state index contributed by atoms with van der Waals surface area (Å²) in [6.45, 7) is 1.80. The minimum Gasteiger partial charge on any atom is -0.332 e. The third-order valence-corrected chi connectivity index (χ3v) is 7.32. The van der Waals surface area contributed by atoms with Gasteiger partial charge in [0, 0.05) is 23.9 Å². The van der Waals surface area contributed by atoms with Crippen molar-refractivity contribution in [2.24, 2.45) is 0 Å². The van der Waals surface area contributed by atoms with E-state index in [9.17, 15) is 22.0 Å². The third kappa shape index (κ3) is 5.36. The predicted molar refractivity (Wildman–Crippen MR) is 127 cm³/mol. The fourth-order valence-electron chi connectivity index (χ4n) is 3.18. The van der Waals surface area contributed by atoms with Crippen molar-refractivity contribution in [1.29, 1.82) is 0 Å². The van der Waals surface area contributed by atoms with Crippen LogP contribution in [0.3, 0.4) is 0 Å². The Morgan fingerprint density at radius 3 is 2.47 bits per heavy atom. The molecular formula is C24H19F2N3O3S2. The van der Waals surface area contributed by atoms with Crippen molar-refractivity contribution in [2.75, 3.05) is 5.32 Å². The van der Waals surface area contributed by atoms with E-state index in [1.165, 1.54) is 17.5 Å². The van der Waals surface area contributed by atoms with Gasteiger partial charge in [0.2, 0.25) is 15.8 Å². The Labute approximate surface area is 199 Å². The van der Waals surface area contributed by atoms with Gasteiger partial charge in [-0.05, 0) is 42.3 Å². The molecule has 0 fully saturated rings. The van der Waals surface area contributed by atoms with Crippen molar-refractivity contribution in [2.45, 2.75) is 18.4 Å². The Morgan fingerprint density at radius 1 is 1.03 bits per heavy atom. The lowest BCUT2D eigenvalue weighted by atomic mass is 10.0. The van der Waals surface area contributed by atoms with Crippen molar-refractivity contribution < 1.29 is 22.0 Å². The smallest absolute Gasteiger partial charge is 0.243 e. The molecule has 1 aromatic heterocycles. The molecule has 0 aliphatic rings. The van der Waals surface area contributed by atoms with Crippen molar-refractivity contribution in [3.63, 3.8) is 0 Å². The van der Waals surface area contributed by atoms with Crippen LogP contribution in [-0.2, 0) is 16.6 Å². The van der Waals surface area contributed by atoms with Crippen LogP contribution in [0.2, 0.25) is 0 Å². The number of thiazole rings is 1. The minimum absolute atomic E-state index is 0.0776. The maximum Gasteiger partial charge on any atom is 0.243 e. The van der Waals surface area contributed by atoms with Gasteiger partial charge in [0.15, 0.2) is 5.13 Å². The molecule has 0 radical (unpaired) electrons. The number of rotatable bonds is 8. The number of nitrogens with one attached hydrogen (secondary N) is 2. The number of benzene rings is 3. The number of nitrogens with zero attached hydrogens (tertiary/aromatic N) is 1. The molecule has 0 aliphatic heterocycles. The number of sulfonamides is 1. The predicted octanol–water partition coefficient (Wildman–Crippen LogP) is 5.18. The van der Waals surface area contributed by atoms with Gasteiger partial charge in [0.05, 0.1) is 11.1 Å². The minimum atomic E-state index is -4.14. The highest BCUT2D eigenvalue weighted by molar-refractivity contribution is 7.89. The Hall–Kier alpha value is -3.47. The molecule has 0 saturated carbocycles. The van der Waals surface area contributed by atoms with Crippen molar-refractivity contribution in [3.05, 3.63) is 106 Å². The molecule has 4 aromatic rings. The summed E-state index contributed by atoms with van der Waals surface area (Å²) in [5.74, 6) is -2.11. The zero-order chi connectivity index (χ0) is 24.3. The summed E-state index contributed by atoms with van der Waals surface area (Å²) >= 11 is 1.23. The molecule has 10 heteroatoms. The van der Waals surface area contributed by atoms with E-state index < -0.39 is 26.6 Å². The summed E-state index contributed by atoms with van der Waals surface area (Å²) in [5, 5.41) is 3.65. The SMILES string of the molecule is Cc1ccccc1C(=O)c1cnc(Nc2ccc(CNS(=O)(=O)c3ccc(F)cc3F)cc2)s1. The van der Waals surface area contributed by atoms with Gasteiger partial charge in [-0.3, -0.25) is 4.79 Å². The molecule has 0 atom stereocenters. The van der Waals surface area contributed by atoms with Crippen LogP contribution in [0.5, 0.6) is 0 Å². The molecular weight excluding hydrogens is 480 g/mol. The van der Waals surface area contributed by atoms with E-state index in [0.29, 0.717) is 32.9 Å². The number of hydrogen-bond acceptors (Lipinski definition) is 6. The average molecular weight is 500 g/mol. The molecule has 6 nitrogen and oxygen atoms in total. The van der Waals surface area contributed by atoms with E-state index in [4.69, 9.17) is 0 Å². The van der Waals surface area contributed by atoms with E-state index >= 15 is 0 Å². The first-order valence-electron chi connectivity index (χ1n) is 10.1. The first-order valence-corrected chi connectivity index (χ1v) is 12.4. The van der Waals surface area contributed by atoms with Gasteiger partial charge in [-0.1, -0.05) is 47.7 Å². The molecule has 1 heterocycles. The summed E-state index contributed by atoms with van der Waals surface area (Å²) < 4.78 is 53.8. The van der Waals surface area contributed by atoms with Crippen molar-refractivity contribution in [1.82, 2.24) is 9.71 Å². The van der Waals surface area contributed by atoms with Crippen LogP contribution in [0.1, 0.15) is 26.4 Å². The molecule has 0 spiro atoms. The second-order valence-electron chi connectivity index (χ2n) is 7.39. The quantitative estimate of drug-likeness (QED) is 0.326. The van der Waals surface area contributed by atoms with E-state index in [0.717, 1.165) is 17.7 Å². The van der Waals surface area contributed by atoms with Gasteiger partial charge in [-0.25, -0.2) is 26.9 Å². The second-order valence-corrected chi connectivity index (χ2v) is 10.2. The number of halogens is 2. The van der Waals surface area contributed by atoms with Crippen LogP contribution in [0.4, 0.5) is 19.6 Å². The number of carbonyl (C=O) groups excluding carboxylic acids is 1. The zero-order valence-corrected chi connectivity index (χ0v) is 19.5. The van der Waals surface area contributed by atoms with Crippen LogP contribution in [-0.4, -0.2) is 19.2 Å². The van der Waals surface area contributed by atoms with Crippen LogP contribution in [0.25, 0.3) is 0 Å². The van der Waals surface area contributed by atoms with Gasteiger partial charge in [-0.2, -0.15) is 0 Å².